The number of fused-ring (bicyclic) bond motifs is 5. The highest BCUT2D eigenvalue weighted by atomic mass is 35.5. The smallest absolute Gasteiger partial charge is 0.319 e. The zero-order chi connectivity index (χ0) is 22.9. The van der Waals surface area contributed by atoms with Gasteiger partial charge in [-0.25, -0.2) is 4.98 Å². The molecule has 170 valence electrons. The molecule has 0 aliphatic carbocycles. The van der Waals surface area contributed by atoms with Crippen molar-refractivity contribution in [1.82, 2.24) is 20.3 Å². The van der Waals surface area contributed by atoms with Crippen molar-refractivity contribution < 1.29 is 14.3 Å². The normalized spacial score (nSPS) is 15.6. The molecule has 33 heavy (non-hydrogen) atoms. The van der Waals surface area contributed by atoms with Gasteiger partial charge in [-0.3, -0.25) is 4.79 Å². The second-order valence-electron chi connectivity index (χ2n) is 7.59. The van der Waals surface area contributed by atoms with Gasteiger partial charge in [-0.15, -0.1) is 11.3 Å². The molecule has 0 saturated carbocycles. The van der Waals surface area contributed by atoms with Gasteiger partial charge in [0.1, 0.15) is 28.3 Å². The number of ether oxygens (including phenoxy) is 2. The zero-order valence-corrected chi connectivity index (χ0v) is 19.5. The maximum absolute atomic E-state index is 12.6. The van der Waals surface area contributed by atoms with Crippen LogP contribution in [-0.4, -0.2) is 53.8 Å². The van der Waals surface area contributed by atoms with Gasteiger partial charge in [0.25, 0.3) is 5.91 Å². The van der Waals surface area contributed by atoms with Crippen LogP contribution in [0.15, 0.2) is 30.3 Å². The number of rotatable bonds is 6. The molecule has 0 fully saturated rings. The number of benzene rings is 1. The second-order valence-corrected chi connectivity index (χ2v) is 9.03. The molecular weight excluding hydrogens is 464 g/mol. The van der Waals surface area contributed by atoms with Crippen LogP contribution in [0, 0.1) is 0 Å². The van der Waals surface area contributed by atoms with Crippen molar-refractivity contribution in [2.24, 2.45) is 0 Å². The number of anilines is 3. The van der Waals surface area contributed by atoms with Gasteiger partial charge in [0.15, 0.2) is 0 Å². The van der Waals surface area contributed by atoms with E-state index >= 15 is 0 Å². The van der Waals surface area contributed by atoms with Crippen molar-refractivity contribution in [3.05, 3.63) is 40.4 Å². The standard InChI is InChI=1S/C22H21ClN6O3S/c1-11-10-24-19-18-12-3-6-16(26-13(12)4-5-14(18)33-20(19)21(30)25-11)28-17-9-15(23)27-22(29-17)32-8-7-31-2/h3-6,9,11,24H,7-8,10H2,1-2H3,(H,25,30)(H,26,27,28,29)/t11-/m0/s1. The Kier molecular flexibility index (Phi) is 5.88. The highest BCUT2D eigenvalue weighted by Crippen LogP contribution is 2.41. The number of aromatic nitrogens is 3. The minimum atomic E-state index is -0.0488. The van der Waals surface area contributed by atoms with Crippen molar-refractivity contribution in [3.63, 3.8) is 0 Å². The first-order chi connectivity index (χ1) is 16.0. The average Bonchev–Trinajstić information content (AvgIpc) is 3.10. The Labute approximate surface area is 198 Å². The van der Waals surface area contributed by atoms with Gasteiger partial charge in [-0.1, -0.05) is 11.6 Å². The molecule has 5 rings (SSSR count). The van der Waals surface area contributed by atoms with Crippen LogP contribution in [0.1, 0.15) is 16.6 Å². The molecule has 11 heteroatoms. The molecule has 0 saturated heterocycles. The maximum atomic E-state index is 12.6. The van der Waals surface area contributed by atoms with Gasteiger partial charge in [0, 0.05) is 41.2 Å². The van der Waals surface area contributed by atoms with E-state index in [2.05, 4.69) is 25.9 Å². The van der Waals surface area contributed by atoms with Crippen molar-refractivity contribution >= 4 is 67.2 Å². The summed E-state index contributed by atoms with van der Waals surface area (Å²) in [5.74, 6) is 1.01. The Hall–Kier alpha value is -3.21. The van der Waals surface area contributed by atoms with E-state index in [1.807, 2.05) is 31.2 Å². The quantitative estimate of drug-likeness (QED) is 0.276. The first-order valence-electron chi connectivity index (χ1n) is 10.4. The van der Waals surface area contributed by atoms with Crippen molar-refractivity contribution in [3.8, 4) is 6.01 Å². The van der Waals surface area contributed by atoms with E-state index in [0.29, 0.717) is 36.3 Å². The van der Waals surface area contributed by atoms with E-state index in [-0.39, 0.29) is 23.1 Å². The van der Waals surface area contributed by atoms with Gasteiger partial charge in [0.05, 0.1) is 17.8 Å². The maximum Gasteiger partial charge on any atom is 0.319 e. The van der Waals surface area contributed by atoms with E-state index in [9.17, 15) is 4.79 Å². The molecule has 1 aliphatic rings. The second kappa shape index (κ2) is 8.97. The van der Waals surface area contributed by atoms with Crippen LogP contribution in [0.25, 0.3) is 21.0 Å². The number of methoxy groups -OCH3 is 1. The number of carbonyl (C=O) groups is 1. The zero-order valence-electron chi connectivity index (χ0n) is 17.9. The lowest BCUT2D eigenvalue weighted by molar-refractivity contribution is 0.0949. The van der Waals surface area contributed by atoms with Crippen LogP contribution >= 0.6 is 22.9 Å². The molecule has 1 amide bonds. The summed E-state index contributed by atoms with van der Waals surface area (Å²) >= 11 is 7.60. The molecule has 0 unspecified atom stereocenters. The third-order valence-electron chi connectivity index (χ3n) is 5.14. The first-order valence-corrected chi connectivity index (χ1v) is 11.6. The lowest BCUT2D eigenvalue weighted by Gasteiger charge is -2.11. The lowest BCUT2D eigenvalue weighted by atomic mass is 10.1. The number of amides is 1. The predicted octanol–water partition coefficient (Wildman–Crippen LogP) is 4.21. The third-order valence-corrected chi connectivity index (χ3v) is 6.49. The Morgan fingerprint density at radius 1 is 1.18 bits per heavy atom. The van der Waals surface area contributed by atoms with Gasteiger partial charge < -0.3 is 25.4 Å². The predicted molar refractivity (Wildman–Crippen MR) is 130 cm³/mol. The molecule has 0 spiro atoms. The van der Waals surface area contributed by atoms with Crippen molar-refractivity contribution in [1.29, 1.82) is 0 Å². The van der Waals surface area contributed by atoms with E-state index < -0.39 is 0 Å². The third kappa shape index (κ3) is 4.37. The molecule has 1 aliphatic heterocycles. The van der Waals surface area contributed by atoms with E-state index in [4.69, 9.17) is 26.1 Å². The Morgan fingerprint density at radius 3 is 2.91 bits per heavy atom. The highest BCUT2D eigenvalue weighted by Gasteiger charge is 2.24. The molecule has 0 radical (unpaired) electrons. The minimum Gasteiger partial charge on any atom is -0.461 e. The number of hydrogen-bond acceptors (Lipinski definition) is 9. The van der Waals surface area contributed by atoms with Crippen LogP contribution in [0.2, 0.25) is 5.15 Å². The molecule has 1 atom stereocenters. The summed E-state index contributed by atoms with van der Waals surface area (Å²) in [6.07, 6.45) is 0. The number of hydrogen-bond donors (Lipinski definition) is 3. The van der Waals surface area contributed by atoms with E-state index in [1.165, 1.54) is 11.3 Å². The van der Waals surface area contributed by atoms with Gasteiger partial charge in [-0.05, 0) is 31.2 Å². The fraction of sp³-hybridized carbons (Fsp3) is 0.273. The van der Waals surface area contributed by atoms with E-state index in [1.54, 1.807) is 13.2 Å². The van der Waals surface area contributed by atoms with Crippen LogP contribution in [0.3, 0.4) is 0 Å². The Balaban J connectivity index is 1.48. The van der Waals surface area contributed by atoms with Gasteiger partial charge in [-0.2, -0.15) is 9.97 Å². The number of nitrogens with zero attached hydrogens (tertiary/aromatic N) is 3. The van der Waals surface area contributed by atoms with Crippen molar-refractivity contribution in [2.45, 2.75) is 13.0 Å². The molecule has 4 heterocycles. The van der Waals surface area contributed by atoms with Crippen LogP contribution in [0.4, 0.5) is 17.3 Å². The number of halogens is 1. The summed E-state index contributed by atoms with van der Waals surface area (Å²) in [6.45, 7) is 3.38. The first kappa shape index (κ1) is 21.6. The Morgan fingerprint density at radius 2 is 2.06 bits per heavy atom. The van der Waals surface area contributed by atoms with Crippen LogP contribution in [-0.2, 0) is 4.74 Å². The molecule has 1 aromatic carbocycles. The number of nitrogens with one attached hydrogen (secondary N) is 3. The molecule has 3 N–H and O–H groups in total. The van der Waals surface area contributed by atoms with Gasteiger partial charge in [0.2, 0.25) is 0 Å². The molecule has 4 aromatic rings. The summed E-state index contributed by atoms with van der Waals surface area (Å²) in [5, 5.41) is 11.8. The summed E-state index contributed by atoms with van der Waals surface area (Å²) in [6, 6.07) is 9.62. The molecule has 3 aromatic heterocycles. The molecule has 0 bridgehead atoms. The summed E-state index contributed by atoms with van der Waals surface area (Å²) in [7, 11) is 1.59. The largest absolute Gasteiger partial charge is 0.461 e. The van der Waals surface area contributed by atoms with Crippen LogP contribution in [0.5, 0.6) is 6.01 Å². The molecule has 9 nitrogen and oxygen atoms in total. The topological polar surface area (TPSA) is 110 Å². The number of pyridine rings is 1. The lowest BCUT2D eigenvalue weighted by Crippen LogP contribution is -2.34. The number of thiophene rings is 1. The van der Waals surface area contributed by atoms with Crippen LogP contribution < -0.4 is 20.7 Å². The summed E-state index contributed by atoms with van der Waals surface area (Å²) < 4.78 is 11.5. The van der Waals surface area contributed by atoms with Crippen molar-refractivity contribution in [2.75, 3.05) is 37.5 Å². The molecular formula is C22H21ClN6O3S. The van der Waals surface area contributed by atoms with Gasteiger partial charge >= 0.3 is 6.01 Å². The fourth-order valence-electron chi connectivity index (χ4n) is 3.67. The monoisotopic (exact) mass is 484 g/mol. The SMILES string of the molecule is COCCOc1nc(Cl)cc(Nc2ccc3c(ccc4sc5c(c43)NC[C@H](C)NC5=O)n2)n1. The minimum absolute atomic E-state index is 0.0488. The van der Waals surface area contributed by atoms with E-state index in [0.717, 1.165) is 26.7 Å². The number of carbonyl (C=O) groups excluding carboxylic acids is 1. The highest BCUT2D eigenvalue weighted by molar-refractivity contribution is 7.21. The fourth-order valence-corrected chi connectivity index (χ4v) is 4.94. The summed E-state index contributed by atoms with van der Waals surface area (Å²) in [5.41, 5.74) is 1.66. The summed E-state index contributed by atoms with van der Waals surface area (Å²) in [4.78, 5) is 26.4. The average molecular weight is 485 g/mol. The Bertz CT molecular complexity index is 1360.